The Morgan fingerprint density at radius 1 is 0.958 bits per heavy atom. The van der Waals surface area contributed by atoms with Gasteiger partial charge < -0.3 is 4.74 Å². The first-order chi connectivity index (χ1) is 11.9. The number of allylic oxidation sites excluding steroid dienone is 1. The van der Waals surface area contributed by atoms with E-state index in [-0.39, 0.29) is 0 Å². The minimum Gasteiger partial charge on any atom is -0.489 e. The molecule has 2 heteroatoms. The van der Waals surface area contributed by atoms with Gasteiger partial charge in [-0.15, -0.1) is 0 Å². The number of aromatic nitrogens is 1. The second-order valence-corrected chi connectivity index (χ2v) is 6.05. The van der Waals surface area contributed by atoms with Crippen molar-refractivity contribution in [2.24, 2.45) is 0 Å². The third-order valence-corrected chi connectivity index (χ3v) is 4.36. The standard InChI is InChI=1S/C22H19NO/c1-2-5-17(6-3-1)16-24-21-10-11-22-19(8-9-20(22)14-21)13-18-7-4-12-23-15-18/h1-7,10-15H,8-9,16H2/b19-13+. The molecule has 0 unspecified atom stereocenters. The Hall–Kier alpha value is -2.87. The monoisotopic (exact) mass is 313 g/mol. The highest BCUT2D eigenvalue weighted by Gasteiger charge is 2.16. The Labute approximate surface area is 142 Å². The number of aryl methyl sites for hydroxylation is 1. The summed E-state index contributed by atoms with van der Waals surface area (Å²) in [6, 6.07) is 20.8. The van der Waals surface area contributed by atoms with Crippen LogP contribution in [0.25, 0.3) is 11.6 Å². The van der Waals surface area contributed by atoms with E-state index < -0.39 is 0 Å². The van der Waals surface area contributed by atoms with Gasteiger partial charge in [0.05, 0.1) is 0 Å². The van der Waals surface area contributed by atoms with Gasteiger partial charge in [-0.25, -0.2) is 0 Å². The van der Waals surface area contributed by atoms with Crippen molar-refractivity contribution in [1.29, 1.82) is 0 Å². The summed E-state index contributed by atoms with van der Waals surface area (Å²) in [6.07, 6.45) is 8.10. The van der Waals surface area contributed by atoms with E-state index in [4.69, 9.17) is 4.74 Å². The van der Waals surface area contributed by atoms with E-state index in [1.807, 2.05) is 30.5 Å². The van der Waals surface area contributed by atoms with E-state index in [1.165, 1.54) is 22.3 Å². The molecule has 0 aliphatic heterocycles. The zero-order valence-corrected chi connectivity index (χ0v) is 13.5. The second kappa shape index (κ2) is 6.71. The van der Waals surface area contributed by atoms with Gasteiger partial charge in [0.1, 0.15) is 12.4 Å². The molecule has 2 nitrogen and oxygen atoms in total. The van der Waals surface area contributed by atoms with Crippen LogP contribution in [-0.2, 0) is 13.0 Å². The summed E-state index contributed by atoms with van der Waals surface area (Å²) in [5.41, 5.74) is 6.44. The molecular formula is C22H19NO. The lowest BCUT2D eigenvalue weighted by Crippen LogP contribution is -1.95. The highest BCUT2D eigenvalue weighted by molar-refractivity contribution is 5.85. The number of fused-ring (bicyclic) bond motifs is 1. The number of rotatable bonds is 4. The molecule has 0 saturated heterocycles. The van der Waals surface area contributed by atoms with Crippen LogP contribution < -0.4 is 4.74 Å². The number of hydrogen-bond donors (Lipinski definition) is 0. The number of hydrogen-bond acceptors (Lipinski definition) is 2. The predicted molar refractivity (Wildman–Crippen MR) is 97.6 cm³/mol. The van der Waals surface area contributed by atoms with Crippen molar-refractivity contribution in [3.05, 3.63) is 95.3 Å². The van der Waals surface area contributed by atoms with Crippen molar-refractivity contribution in [2.75, 3.05) is 0 Å². The average Bonchev–Trinajstić information content (AvgIpc) is 3.04. The van der Waals surface area contributed by atoms with Crippen LogP contribution in [0.4, 0.5) is 0 Å². The fourth-order valence-electron chi connectivity index (χ4n) is 3.14. The van der Waals surface area contributed by atoms with E-state index >= 15 is 0 Å². The van der Waals surface area contributed by atoms with Crippen LogP contribution in [0, 0.1) is 0 Å². The van der Waals surface area contributed by atoms with Gasteiger partial charge in [0.15, 0.2) is 0 Å². The van der Waals surface area contributed by atoms with Gasteiger partial charge >= 0.3 is 0 Å². The Bertz CT molecular complexity index is 854. The largest absolute Gasteiger partial charge is 0.489 e. The van der Waals surface area contributed by atoms with Crippen molar-refractivity contribution in [1.82, 2.24) is 4.98 Å². The van der Waals surface area contributed by atoms with Crippen LogP contribution in [0.3, 0.4) is 0 Å². The van der Waals surface area contributed by atoms with Crippen LogP contribution in [-0.4, -0.2) is 4.98 Å². The third kappa shape index (κ3) is 3.23. The van der Waals surface area contributed by atoms with Crippen molar-refractivity contribution in [2.45, 2.75) is 19.4 Å². The zero-order valence-electron chi connectivity index (χ0n) is 13.5. The summed E-state index contributed by atoms with van der Waals surface area (Å²) in [6.45, 7) is 0.609. The first-order valence-corrected chi connectivity index (χ1v) is 8.29. The highest BCUT2D eigenvalue weighted by atomic mass is 16.5. The molecule has 0 fully saturated rings. The van der Waals surface area contributed by atoms with E-state index in [0.29, 0.717) is 6.61 Å². The summed E-state index contributed by atoms with van der Waals surface area (Å²) < 4.78 is 5.94. The lowest BCUT2D eigenvalue weighted by molar-refractivity contribution is 0.306. The Balaban J connectivity index is 1.51. The van der Waals surface area contributed by atoms with Crippen molar-refractivity contribution in [3.8, 4) is 5.75 Å². The summed E-state index contributed by atoms with van der Waals surface area (Å²) in [5.74, 6) is 0.945. The SMILES string of the molecule is C(=C1/CCc2cc(OCc3ccccc3)ccc21)/c1cccnc1. The van der Waals surface area contributed by atoms with Gasteiger partial charge in [-0.05, 0) is 64.9 Å². The van der Waals surface area contributed by atoms with Crippen LogP contribution in [0.5, 0.6) is 5.75 Å². The lowest BCUT2D eigenvalue weighted by Gasteiger charge is -2.08. The quantitative estimate of drug-likeness (QED) is 0.665. The molecule has 2 aromatic carbocycles. The van der Waals surface area contributed by atoms with Crippen molar-refractivity contribution < 1.29 is 4.74 Å². The molecule has 0 N–H and O–H groups in total. The molecule has 118 valence electrons. The summed E-state index contributed by atoms with van der Waals surface area (Å²) in [7, 11) is 0. The summed E-state index contributed by atoms with van der Waals surface area (Å²) in [5, 5.41) is 0. The first kappa shape index (κ1) is 14.7. The molecule has 1 aromatic heterocycles. The third-order valence-electron chi connectivity index (χ3n) is 4.36. The fraction of sp³-hybridized carbons (Fsp3) is 0.136. The summed E-state index contributed by atoms with van der Waals surface area (Å²) in [4.78, 5) is 4.19. The Kier molecular flexibility index (Phi) is 4.11. The van der Waals surface area contributed by atoms with Crippen LogP contribution in [0.1, 0.15) is 28.7 Å². The van der Waals surface area contributed by atoms with Gasteiger partial charge in [0, 0.05) is 12.4 Å². The average molecular weight is 313 g/mol. The Morgan fingerprint density at radius 3 is 2.71 bits per heavy atom. The molecule has 1 aliphatic carbocycles. The highest BCUT2D eigenvalue weighted by Crippen LogP contribution is 2.35. The molecule has 0 radical (unpaired) electrons. The maximum Gasteiger partial charge on any atom is 0.120 e. The topological polar surface area (TPSA) is 22.1 Å². The molecule has 0 amide bonds. The molecule has 1 aliphatic rings. The maximum atomic E-state index is 5.94. The molecular weight excluding hydrogens is 294 g/mol. The van der Waals surface area contributed by atoms with E-state index in [2.05, 4.69) is 47.5 Å². The molecule has 24 heavy (non-hydrogen) atoms. The molecule has 0 bridgehead atoms. The number of ether oxygens (including phenoxy) is 1. The minimum atomic E-state index is 0.609. The number of nitrogens with zero attached hydrogens (tertiary/aromatic N) is 1. The van der Waals surface area contributed by atoms with E-state index in [0.717, 1.165) is 24.2 Å². The van der Waals surface area contributed by atoms with Crippen molar-refractivity contribution in [3.63, 3.8) is 0 Å². The molecule has 1 heterocycles. The second-order valence-electron chi connectivity index (χ2n) is 6.05. The van der Waals surface area contributed by atoms with E-state index in [1.54, 1.807) is 6.20 Å². The van der Waals surface area contributed by atoms with E-state index in [9.17, 15) is 0 Å². The Morgan fingerprint density at radius 2 is 1.88 bits per heavy atom. The smallest absolute Gasteiger partial charge is 0.120 e. The minimum absolute atomic E-state index is 0.609. The van der Waals surface area contributed by atoms with Gasteiger partial charge in [-0.1, -0.05) is 42.5 Å². The predicted octanol–water partition coefficient (Wildman–Crippen LogP) is 5.15. The van der Waals surface area contributed by atoms with Gasteiger partial charge in [0.25, 0.3) is 0 Å². The van der Waals surface area contributed by atoms with Gasteiger partial charge in [-0.3, -0.25) is 4.98 Å². The molecule has 0 spiro atoms. The first-order valence-electron chi connectivity index (χ1n) is 8.29. The lowest BCUT2D eigenvalue weighted by atomic mass is 10.0. The number of benzene rings is 2. The number of pyridine rings is 1. The van der Waals surface area contributed by atoms with Crippen LogP contribution in [0.2, 0.25) is 0 Å². The molecule has 0 atom stereocenters. The van der Waals surface area contributed by atoms with Gasteiger partial charge in [0.2, 0.25) is 0 Å². The van der Waals surface area contributed by atoms with Crippen LogP contribution in [0.15, 0.2) is 73.1 Å². The van der Waals surface area contributed by atoms with Crippen LogP contribution >= 0.6 is 0 Å². The van der Waals surface area contributed by atoms with Gasteiger partial charge in [-0.2, -0.15) is 0 Å². The molecule has 0 saturated carbocycles. The normalized spacial score (nSPS) is 14.6. The molecule has 3 aromatic rings. The van der Waals surface area contributed by atoms with Crippen molar-refractivity contribution >= 4 is 11.6 Å². The zero-order chi connectivity index (χ0) is 16.2. The fourth-order valence-corrected chi connectivity index (χ4v) is 3.14. The molecule has 4 rings (SSSR count). The summed E-state index contributed by atoms with van der Waals surface area (Å²) >= 11 is 0. The maximum absolute atomic E-state index is 5.94.